The number of halogens is 2. The number of aldehydes is 1. The van der Waals surface area contributed by atoms with Crippen molar-refractivity contribution in [3.63, 3.8) is 0 Å². The van der Waals surface area contributed by atoms with E-state index in [1.807, 2.05) is 30.3 Å². The number of H-pyrrole nitrogens is 1. The van der Waals surface area contributed by atoms with Crippen molar-refractivity contribution in [2.24, 2.45) is 5.92 Å². The number of hydrogen-bond acceptors (Lipinski definition) is 6. The Labute approximate surface area is 254 Å². The molecule has 0 radical (unpaired) electrons. The number of nitrogens with one attached hydrogen (secondary N) is 2. The van der Waals surface area contributed by atoms with Gasteiger partial charge in [0, 0.05) is 66.7 Å². The number of carbonyl (C=O) groups is 2. The Balaban J connectivity index is 1.29. The van der Waals surface area contributed by atoms with Crippen LogP contribution < -0.4 is 9.62 Å². The molecule has 2 aliphatic heterocycles. The second kappa shape index (κ2) is 12.1. The van der Waals surface area contributed by atoms with Crippen LogP contribution in [-0.2, 0) is 21.4 Å². The van der Waals surface area contributed by atoms with Crippen molar-refractivity contribution in [3.05, 3.63) is 77.4 Å². The molecule has 2 N–H and O–H groups in total. The van der Waals surface area contributed by atoms with Crippen molar-refractivity contribution in [2.75, 3.05) is 35.8 Å². The summed E-state index contributed by atoms with van der Waals surface area (Å²) in [5, 5.41) is 0.506. The van der Waals surface area contributed by atoms with Gasteiger partial charge in [-0.1, -0.05) is 19.1 Å². The molecule has 0 aliphatic carbocycles. The van der Waals surface area contributed by atoms with Gasteiger partial charge in [0.1, 0.15) is 23.9 Å². The first kappa shape index (κ1) is 29.9. The van der Waals surface area contributed by atoms with Gasteiger partial charge in [-0.15, -0.1) is 0 Å². The average molecular weight is 622 g/mol. The number of piperidine rings is 1. The highest BCUT2D eigenvalue weighted by atomic mass is 32.2. The van der Waals surface area contributed by atoms with E-state index in [0.717, 1.165) is 59.4 Å². The SMILES string of the molecule is CCc1c(NS(=O)(=O)N2CCC(F)C2)ccc(F)c1C(=O)c1c[nH]c2ncc(-c3ccc(N4CCC(C=O)CC4)cc3)cc12. The number of carbonyl (C=O) groups excluding carboxylic acids is 2. The van der Waals surface area contributed by atoms with Crippen LogP contribution in [0.2, 0.25) is 0 Å². The Hall–Kier alpha value is -4.16. The minimum Gasteiger partial charge on any atom is -0.371 e. The lowest BCUT2D eigenvalue weighted by atomic mass is 9.94. The lowest BCUT2D eigenvalue weighted by molar-refractivity contribution is -0.111. The van der Waals surface area contributed by atoms with Crippen molar-refractivity contribution in [2.45, 2.75) is 38.8 Å². The fourth-order valence-electron chi connectivity index (χ4n) is 6.08. The maximum absolute atomic E-state index is 15.3. The molecule has 2 aromatic carbocycles. The van der Waals surface area contributed by atoms with Crippen molar-refractivity contribution in [1.82, 2.24) is 14.3 Å². The predicted molar refractivity (Wildman–Crippen MR) is 165 cm³/mol. The van der Waals surface area contributed by atoms with E-state index in [1.54, 1.807) is 13.1 Å². The number of pyridine rings is 1. The van der Waals surface area contributed by atoms with E-state index < -0.39 is 28.0 Å². The maximum atomic E-state index is 15.3. The van der Waals surface area contributed by atoms with Crippen LogP contribution in [0.5, 0.6) is 0 Å². The minimum absolute atomic E-state index is 0.0401. The molecule has 6 rings (SSSR count). The summed E-state index contributed by atoms with van der Waals surface area (Å²) in [7, 11) is -4.10. The summed E-state index contributed by atoms with van der Waals surface area (Å²) in [6.07, 6.45) is 4.93. The monoisotopic (exact) mass is 621 g/mol. The van der Waals surface area contributed by atoms with Crippen molar-refractivity contribution >= 4 is 44.7 Å². The smallest absolute Gasteiger partial charge is 0.301 e. The van der Waals surface area contributed by atoms with Crippen molar-refractivity contribution in [1.29, 1.82) is 0 Å². The molecule has 2 saturated heterocycles. The van der Waals surface area contributed by atoms with Crippen LogP contribution in [0.1, 0.15) is 47.7 Å². The quantitative estimate of drug-likeness (QED) is 0.194. The molecule has 0 bridgehead atoms. The maximum Gasteiger partial charge on any atom is 0.301 e. The molecule has 230 valence electrons. The van der Waals surface area contributed by atoms with E-state index in [0.29, 0.717) is 11.0 Å². The highest BCUT2D eigenvalue weighted by Gasteiger charge is 2.32. The highest BCUT2D eigenvalue weighted by Crippen LogP contribution is 2.32. The second-order valence-electron chi connectivity index (χ2n) is 11.3. The van der Waals surface area contributed by atoms with Gasteiger partial charge in [-0.05, 0) is 67.1 Å². The van der Waals surface area contributed by atoms with Crippen molar-refractivity contribution in [3.8, 4) is 11.1 Å². The predicted octanol–water partition coefficient (Wildman–Crippen LogP) is 5.28. The zero-order valence-corrected chi connectivity index (χ0v) is 25.0. The number of alkyl halides is 1. The molecule has 2 aliphatic rings. The van der Waals surface area contributed by atoms with Gasteiger partial charge in [0.05, 0.1) is 11.3 Å². The van der Waals surface area contributed by atoms with Gasteiger partial charge in [0.25, 0.3) is 0 Å². The van der Waals surface area contributed by atoms with E-state index in [-0.39, 0.29) is 54.2 Å². The van der Waals surface area contributed by atoms with Crippen LogP contribution in [0, 0.1) is 11.7 Å². The standard InChI is InChI=1S/C32H33F2N5O4S/c1-2-25-29(37-44(42,43)39-14-11-23(33)18-39)8-7-28(34)30(25)31(41)27-17-36-32-26(27)15-22(16-35-32)21-3-5-24(6-4-21)38-12-9-20(19-40)10-13-38/h3-8,15-17,19-20,23,37H,2,9-14,18H2,1H3,(H,35,36). The highest BCUT2D eigenvalue weighted by molar-refractivity contribution is 7.90. The summed E-state index contributed by atoms with van der Waals surface area (Å²) in [6.45, 7) is 3.14. The van der Waals surface area contributed by atoms with Crippen molar-refractivity contribution < 1.29 is 26.8 Å². The summed E-state index contributed by atoms with van der Waals surface area (Å²) in [5.74, 6) is -1.26. The summed E-state index contributed by atoms with van der Waals surface area (Å²) < 4.78 is 58.3. The van der Waals surface area contributed by atoms with Crippen LogP contribution in [0.25, 0.3) is 22.2 Å². The molecular formula is C32H33F2N5O4S. The Morgan fingerprint density at radius 3 is 2.50 bits per heavy atom. The third kappa shape index (κ3) is 5.71. The number of nitrogens with zero attached hydrogens (tertiary/aromatic N) is 3. The largest absolute Gasteiger partial charge is 0.371 e. The average Bonchev–Trinajstić information content (AvgIpc) is 3.68. The third-order valence-electron chi connectivity index (χ3n) is 8.59. The number of hydrogen-bond donors (Lipinski definition) is 2. The zero-order valence-electron chi connectivity index (χ0n) is 24.2. The van der Waals surface area contributed by atoms with Gasteiger partial charge in [-0.25, -0.2) is 13.8 Å². The number of benzene rings is 2. The van der Waals surface area contributed by atoms with Crippen LogP contribution in [0.3, 0.4) is 0 Å². The van der Waals surface area contributed by atoms with Gasteiger partial charge >= 0.3 is 10.2 Å². The van der Waals surface area contributed by atoms with Gasteiger partial charge in [0.15, 0.2) is 5.78 Å². The molecule has 0 saturated carbocycles. The molecule has 4 heterocycles. The molecule has 12 heteroatoms. The number of anilines is 2. The van der Waals surface area contributed by atoms with Gasteiger partial charge in [0.2, 0.25) is 0 Å². The van der Waals surface area contributed by atoms with Crippen LogP contribution in [-0.4, -0.2) is 67.1 Å². The van der Waals surface area contributed by atoms with Crippen LogP contribution in [0.4, 0.5) is 20.2 Å². The Morgan fingerprint density at radius 1 is 1.09 bits per heavy atom. The number of fused-ring (bicyclic) bond motifs is 1. The van der Waals surface area contributed by atoms with Gasteiger partial charge in [-0.3, -0.25) is 9.52 Å². The number of aromatic amines is 1. The first-order valence-corrected chi connectivity index (χ1v) is 16.2. The lowest BCUT2D eigenvalue weighted by Crippen LogP contribution is -2.34. The number of ketones is 1. The summed E-state index contributed by atoms with van der Waals surface area (Å²) in [5.41, 5.74) is 3.44. The lowest BCUT2D eigenvalue weighted by Gasteiger charge is -2.31. The normalized spacial score (nSPS) is 18.2. The van der Waals surface area contributed by atoms with Crippen LogP contribution >= 0.6 is 0 Å². The molecule has 0 spiro atoms. The molecule has 44 heavy (non-hydrogen) atoms. The fourth-order valence-corrected chi connectivity index (χ4v) is 7.38. The summed E-state index contributed by atoms with van der Waals surface area (Å²) in [6, 6.07) is 12.2. The Morgan fingerprint density at radius 2 is 1.84 bits per heavy atom. The van der Waals surface area contributed by atoms with E-state index in [1.165, 1.54) is 12.3 Å². The van der Waals surface area contributed by atoms with Gasteiger partial charge in [-0.2, -0.15) is 12.7 Å². The Kier molecular flexibility index (Phi) is 8.21. The van der Waals surface area contributed by atoms with Crippen LogP contribution in [0.15, 0.2) is 54.9 Å². The van der Waals surface area contributed by atoms with Gasteiger partial charge < -0.3 is 14.7 Å². The van der Waals surface area contributed by atoms with E-state index in [9.17, 15) is 22.4 Å². The summed E-state index contributed by atoms with van der Waals surface area (Å²) >= 11 is 0. The molecule has 4 aromatic rings. The molecular weight excluding hydrogens is 588 g/mol. The molecule has 2 fully saturated rings. The second-order valence-corrected chi connectivity index (χ2v) is 13.0. The molecule has 1 unspecified atom stereocenters. The third-order valence-corrected chi connectivity index (χ3v) is 10.1. The number of aromatic nitrogens is 2. The topological polar surface area (TPSA) is 115 Å². The van der Waals surface area contributed by atoms with E-state index in [4.69, 9.17) is 0 Å². The van der Waals surface area contributed by atoms with E-state index in [2.05, 4.69) is 19.6 Å². The molecule has 2 aromatic heterocycles. The summed E-state index contributed by atoms with van der Waals surface area (Å²) in [4.78, 5) is 34.7. The molecule has 9 nitrogen and oxygen atoms in total. The number of rotatable bonds is 9. The Bertz CT molecular complexity index is 1820. The zero-order chi connectivity index (χ0) is 31.0. The first-order valence-electron chi connectivity index (χ1n) is 14.7. The first-order chi connectivity index (χ1) is 21.2. The molecule has 0 amide bonds. The fraction of sp³-hybridized carbons (Fsp3) is 0.344. The minimum atomic E-state index is -4.10. The van der Waals surface area contributed by atoms with E-state index >= 15 is 4.39 Å². The molecule has 1 atom stereocenters.